The third-order valence-corrected chi connectivity index (χ3v) is 6.16. The molecule has 0 unspecified atom stereocenters. The van der Waals surface area contributed by atoms with E-state index in [0.29, 0.717) is 0 Å². The van der Waals surface area contributed by atoms with E-state index in [1.165, 1.54) is 75.3 Å². The van der Waals surface area contributed by atoms with Gasteiger partial charge in [-0.2, -0.15) is 0 Å². The molecular formula is C22H34. The number of hydrogen-bond acceptors (Lipinski definition) is 0. The van der Waals surface area contributed by atoms with Crippen LogP contribution >= 0.6 is 0 Å². The minimum absolute atomic E-state index is 0.948. The molecule has 2 fully saturated rings. The summed E-state index contributed by atoms with van der Waals surface area (Å²) in [7, 11) is 0. The van der Waals surface area contributed by atoms with Crippen LogP contribution in [0.4, 0.5) is 0 Å². The summed E-state index contributed by atoms with van der Waals surface area (Å²) in [6.07, 6.45) is 16.4. The third-order valence-electron chi connectivity index (χ3n) is 6.16. The van der Waals surface area contributed by atoms with Crippen LogP contribution in [0.1, 0.15) is 80.9 Å². The Bertz CT molecular complexity index is 439. The maximum atomic E-state index is 2.40. The number of hydrogen-bond donors (Lipinski definition) is 0. The Morgan fingerprint density at radius 3 is 1.86 bits per heavy atom. The second-order valence-electron chi connectivity index (χ2n) is 8.33. The first-order valence-corrected chi connectivity index (χ1v) is 9.76. The highest BCUT2D eigenvalue weighted by Gasteiger charge is 2.24. The molecule has 2 saturated carbocycles. The SMILES string of the molecule is Cc1cc(C)cc(CC2CCC(CC3CCCCC3)CC2)c1. The van der Waals surface area contributed by atoms with E-state index in [4.69, 9.17) is 0 Å². The molecule has 1 aromatic rings. The predicted molar refractivity (Wildman–Crippen MR) is 96.3 cm³/mol. The van der Waals surface area contributed by atoms with Crippen LogP contribution < -0.4 is 0 Å². The highest BCUT2D eigenvalue weighted by atomic mass is 14.3. The van der Waals surface area contributed by atoms with Gasteiger partial charge in [0.1, 0.15) is 0 Å². The molecule has 3 rings (SSSR count). The Labute approximate surface area is 137 Å². The summed E-state index contributed by atoms with van der Waals surface area (Å²) in [5.41, 5.74) is 4.44. The quantitative estimate of drug-likeness (QED) is 0.585. The highest BCUT2D eigenvalue weighted by Crippen LogP contribution is 2.38. The van der Waals surface area contributed by atoms with Gasteiger partial charge < -0.3 is 0 Å². The average molecular weight is 299 g/mol. The van der Waals surface area contributed by atoms with E-state index in [-0.39, 0.29) is 0 Å². The minimum Gasteiger partial charge on any atom is -0.0564 e. The lowest BCUT2D eigenvalue weighted by Crippen LogP contribution is -2.20. The Kier molecular flexibility index (Phi) is 5.61. The van der Waals surface area contributed by atoms with E-state index in [9.17, 15) is 0 Å². The lowest BCUT2D eigenvalue weighted by Gasteiger charge is -2.32. The van der Waals surface area contributed by atoms with Crippen LogP contribution in [0.15, 0.2) is 18.2 Å². The molecule has 0 atom stereocenters. The van der Waals surface area contributed by atoms with Crippen LogP contribution in [-0.4, -0.2) is 0 Å². The van der Waals surface area contributed by atoms with Crippen LogP contribution in [0.2, 0.25) is 0 Å². The summed E-state index contributed by atoms with van der Waals surface area (Å²) in [6.45, 7) is 4.47. The topological polar surface area (TPSA) is 0 Å². The normalized spacial score (nSPS) is 27.0. The molecule has 0 heterocycles. The smallest absolute Gasteiger partial charge is 0.0250 e. The van der Waals surface area contributed by atoms with Crippen molar-refractivity contribution in [3.8, 4) is 0 Å². The molecule has 0 heteroatoms. The molecule has 0 radical (unpaired) electrons. The first kappa shape index (κ1) is 16.1. The summed E-state index contributed by atoms with van der Waals surface area (Å²) in [6, 6.07) is 7.10. The zero-order valence-corrected chi connectivity index (χ0v) is 14.7. The van der Waals surface area contributed by atoms with Gasteiger partial charge in [0.2, 0.25) is 0 Å². The van der Waals surface area contributed by atoms with Gasteiger partial charge in [-0.1, -0.05) is 74.3 Å². The van der Waals surface area contributed by atoms with Crippen molar-refractivity contribution in [1.82, 2.24) is 0 Å². The molecule has 122 valence electrons. The lowest BCUT2D eigenvalue weighted by molar-refractivity contribution is 0.211. The molecule has 2 aliphatic rings. The lowest BCUT2D eigenvalue weighted by atomic mass is 9.74. The number of benzene rings is 1. The molecule has 0 nitrogen and oxygen atoms in total. The van der Waals surface area contributed by atoms with Crippen LogP contribution in [0, 0.1) is 31.6 Å². The van der Waals surface area contributed by atoms with Crippen molar-refractivity contribution in [1.29, 1.82) is 0 Å². The Morgan fingerprint density at radius 2 is 1.23 bits per heavy atom. The van der Waals surface area contributed by atoms with Crippen molar-refractivity contribution >= 4 is 0 Å². The summed E-state index contributed by atoms with van der Waals surface area (Å²) in [5.74, 6) is 3.08. The van der Waals surface area contributed by atoms with Crippen LogP contribution in [0.25, 0.3) is 0 Å². The van der Waals surface area contributed by atoms with Gasteiger partial charge in [-0.3, -0.25) is 0 Å². The molecule has 0 saturated heterocycles. The molecule has 0 aromatic heterocycles. The zero-order valence-electron chi connectivity index (χ0n) is 14.7. The van der Waals surface area contributed by atoms with E-state index >= 15 is 0 Å². The third kappa shape index (κ3) is 4.61. The van der Waals surface area contributed by atoms with E-state index in [1.807, 2.05) is 0 Å². The van der Waals surface area contributed by atoms with E-state index in [0.717, 1.165) is 17.8 Å². The molecule has 2 aliphatic carbocycles. The highest BCUT2D eigenvalue weighted by molar-refractivity contribution is 5.28. The molecule has 0 N–H and O–H groups in total. The van der Waals surface area contributed by atoms with E-state index < -0.39 is 0 Å². The van der Waals surface area contributed by atoms with Gasteiger partial charge in [0, 0.05) is 0 Å². The van der Waals surface area contributed by atoms with E-state index in [1.54, 1.807) is 12.0 Å². The first-order valence-electron chi connectivity index (χ1n) is 9.76. The minimum atomic E-state index is 0.948. The second-order valence-corrected chi connectivity index (χ2v) is 8.33. The Balaban J connectivity index is 1.45. The molecule has 1 aromatic carbocycles. The van der Waals surface area contributed by atoms with Crippen molar-refractivity contribution in [3.05, 3.63) is 34.9 Å². The van der Waals surface area contributed by atoms with Crippen LogP contribution in [-0.2, 0) is 6.42 Å². The van der Waals surface area contributed by atoms with Crippen molar-refractivity contribution in [2.24, 2.45) is 17.8 Å². The van der Waals surface area contributed by atoms with Gasteiger partial charge in [-0.25, -0.2) is 0 Å². The van der Waals surface area contributed by atoms with Gasteiger partial charge in [0.05, 0.1) is 0 Å². The molecular weight excluding hydrogens is 264 g/mol. The van der Waals surface area contributed by atoms with Gasteiger partial charge in [-0.05, 0) is 62.8 Å². The average Bonchev–Trinajstić information content (AvgIpc) is 2.49. The Hall–Kier alpha value is -0.780. The number of aryl methyl sites for hydroxylation is 2. The molecule has 0 aliphatic heterocycles. The van der Waals surface area contributed by atoms with Crippen molar-refractivity contribution in [2.75, 3.05) is 0 Å². The maximum Gasteiger partial charge on any atom is -0.0250 e. The van der Waals surface area contributed by atoms with Gasteiger partial charge in [-0.15, -0.1) is 0 Å². The molecule has 22 heavy (non-hydrogen) atoms. The fourth-order valence-electron chi connectivity index (χ4n) is 5.09. The predicted octanol–water partition coefficient (Wildman–Crippen LogP) is 6.62. The first-order chi connectivity index (χ1) is 10.7. The van der Waals surface area contributed by atoms with Crippen LogP contribution in [0.5, 0.6) is 0 Å². The molecule has 0 amide bonds. The van der Waals surface area contributed by atoms with Gasteiger partial charge in [0.25, 0.3) is 0 Å². The second kappa shape index (κ2) is 7.66. The monoisotopic (exact) mass is 298 g/mol. The largest absolute Gasteiger partial charge is 0.0564 e. The Morgan fingerprint density at radius 1 is 0.682 bits per heavy atom. The molecule has 0 bridgehead atoms. The maximum absolute atomic E-state index is 2.40. The summed E-state index contributed by atoms with van der Waals surface area (Å²) < 4.78 is 0. The standard InChI is InChI=1S/C22H34/c1-17-12-18(2)14-22(13-17)16-21-10-8-20(9-11-21)15-19-6-4-3-5-7-19/h12-14,19-21H,3-11,15-16H2,1-2H3. The van der Waals surface area contributed by atoms with Crippen molar-refractivity contribution in [3.63, 3.8) is 0 Å². The summed E-state index contributed by atoms with van der Waals surface area (Å²) >= 11 is 0. The summed E-state index contributed by atoms with van der Waals surface area (Å²) in [4.78, 5) is 0. The fourth-order valence-corrected chi connectivity index (χ4v) is 5.09. The fraction of sp³-hybridized carbons (Fsp3) is 0.727. The van der Waals surface area contributed by atoms with E-state index in [2.05, 4.69) is 32.0 Å². The zero-order chi connectivity index (χ0) is 15.4. The van der Waals surface area contributed by atoms with Crippen molar-refractivity contribution in [2.45, 2.75) is 84.5 Å². The van der Waals surface area contributed by atoms with Crippen LogP contribution in [0.3, 0.4) is 0 Å². The van der Waals surface area contributed by atoms with Gasteiger partial charge in [0.15, 0.2) is 0 Å². The van der Waals surface area contributed by atoms with Crippen molar-refractivity contribution < 1.29 is 0 Å². The number of rotatable bonds is 4. The summed E-state index contributed by atoms with van der Waals surface area (Å²) in [5, 5.41) is 0. The molecule has 0 spiro atoms. The van der Waals surface area contributed by atoms with Gasteiger partial charge >= 0.3 is 0 Å².